The second-order valence-electron chi connectivity index (χ2n) is 3.96. The molecule has 0 saturated heterocycles. The van der Waals surface area contributed by atoms with Crippen molar-refractivity contribution in [3.63, 3.8) is 0 Å². The minimum Gasteiger partial charge on any atom is -0.481 e. The van der Waals surface area contributed by atoms with Gasteiger partial charge >= 0.3 is 5.97 Å². The van der Waals surface area contributed by atoms with Crippen LogP contribution in [-0.2, 0) is 14.4 Å². The number of hydrogen-bond donors (Lipinski definition) is 2. The molecule has 0 heterocycles. The Morgan fingerprint density at radius 3 is 2.29 bits per heavy atom. The predicted molar refractivity (Wildman–Crippen MR) is 62.7 cm³/mol. The van der Waals surface area contributed by atoms with Crippen molar-refractivity contribution in [1.82, 2.24) is 10.2 Å². The largest absolute Gasteiger partial charge is 0.481 e. The molecule has 0 aromatic heterocycles. The molecule has 0 aliphatic rings. The van der Waals surface area contributed by atoms with Crippen molar-refractivity contribution in [2.24, 2.45) is 0 Å². The summed E-state index contributed by atoms with van der Waals surface area (Å²) in [4.78, 5) is 33.8. The second kappa shape index (κ2) is 8.69. The number of ketones is 1. The summed E-state index contributed by atoms with van der Waals surface area (Å²) < 4.78 is 0. The second-order valence-corrected chi connectivity index (χ2v) is 3.96. The molecule has 17 heavy (non-hydrogen) atoms. The van der Waals surface area contributed by atoms with Crippen LogP contribution in [0.3, 0.4) is 0 Å². The molecule has 1 amide bonds. The van der Waals surface area contributed by atoms with Gasteiger partial charge in [0.2, 0.25) is 5.91 Å². The van der Waals surface area contributed by atoms with Gasteiger partial charge in [0.15, 0.2) is 0 Å². The van der Waals surface area contributed by atoms with Gasteiger partial charge in [0.25, 0.3) is 0 Å². The zero-order valence-electron chi connectivity index (χ0n) is 10.4. The van der Waals surface area contributed by atoms with Crippen LogP contribution in [0.4, 0.5) is 0 Å². The molecule has 0 unspecified atom stereocenters. The monoisotopic (exact) mass is 244 g/mol. The van der Waals surface area contributed by atoms with E-state index < -0.39 is 5.97 Å². The molecule has 0 rings (SSSR count). The maximum atomic E-state index is 11.0. The molecule has 0 aromatic carbocycles. The minimum absolute atomic E-state index is 0.00918. The summed E-state index contributed by atoms with van der Waals surface area (Å²) in [5.74, 6) is -0.955. The first-order valence-electron chi connectivity index (χ1n) is 5.60. The Bertz CT molecular complexity index is 279. The third-order valence-electron chi connectivity index (χ3n) is 2.11. The lowest BCUT2D eigenvalue weighted by Crippen LogP contribution is -2.34. The molecule has 0 atom stereocenters. The van der Waals surface area contributed by atoms with E-state index in [1.54, 1.807) is 4.90 Å². The summed E-state index contributed by atoms with van der Waals surface area (Å²) >= 11 is 0. The number of carbonyl (C=O) groups is 3. The summed E-state index contributed by atoms with van der Waals surface area (Å²) in [7, 11) is 0. The SMILES string of the molecule is CC(=O)CN(CCCNC(C)=O)CCC(=O)O. The van der Waals surface area contributed by atoms with Crippen molar-refractivity contribution in [2.75, 3.05) is 26.2 Å². The number of nitrogens with zero attached hydrogens (tertiary/aromatic N) is 1. The topological polar surface area (TPSA) is 86.7 Å². The maximum absolute atomic E-state index is 11.0. The smallest absolute Gasteiger partial charge is 0.304 e. The molecule has 6 heteroatoms. The lowest BCUT2D eigenvalue weighted by Gasteiger charge is -2.19. The van der Waals surface area contributed by atoms with Crippen molar-refractivity contribution < 1.29 is 19.5 Å². The number of carboxylic acid groups (broad SMARTS) is 1. The normalized spacial score (nSPS) is 10.3. The zero-order chi connectivity index (χ0) is 13.3. The van der Waals surface area contributed by atoms with E-state index in [0.29, 0.717) is 26.1 Å². The molecular weight excluding hydrogens is 224 g/mol. The molecule has 0 aromatic rings. The Morgan fingerprint density at radius 2 is 1.82 bits per heavy atom. The van der Waals surface area contributed by atoms with Crippen molar-refractivity contribution in [2.45, 2.75) is 26.7 Å². The van der Waals surface area contributed by atoms with Gasteiger partial charge in [-0.2, -0.15) is 0 Å². The third kappa shape index (κ3) is 10.8. The first kappa shape index (κ1) is 15.6. The Morgan fingerprint density at radius 1 is 1.18 bits per heavy atom. The average Bonchev–Trinajstić information content (AvgIpc) is 2.19. The highest BCUT2D eigenvalue weighted by atomic mass is 16.4. The molecule has 0 saturated carbocycles. The van der Waals surface area contributed by atoms with Gasteiger partial charge in [0.05, 0.1) is 13.0 Å². The zero-order valence-corrected chi connectivity index (χ0v) is 10.4. The van der Waals surface area contributed by atoms with Crippen LogP contribution in [0.15, 0.2) is 0 Å². The highest BCUT2D eigenvalue weighted by Crippen LogP contribution is 1.95. The van der Waals surface area contributed by atoms with Crippen LogP contribution in [0.2, 0.25) is 0 Å². The molecular formula is C11H20N2O4. The molecule has 0 bridgehead atoms. The van der Waals surface area contributed by atoms with Crippen LogP contribution >= 0.6 is 0 Å². The van der Waals surface area contributed by atoms with Crippen LogP contribution in [0, 0.1) is 0 Å². The Kier molecular flexibility index (Phi) is 7.96. The van der Waals surface area contributed by atoms with E-state index in [0.717, 1.165) is 0 Å². The van der Waals surface area contributed by atoms with E-state index in [-0.39, 0.29) is 24.7 Å². The van der Waals surface area contributed by atoms with Gasteiger partial charge < -0.3 is 10.4 Å². The standard InChI is InChI=1S/C11H20N2O4/c1-9(14)8-13(7-4-11(16)17)6-3-5-12-10(2)15/h3-8H2,1-2H3,(H,12,15)(H,16,17). The number of amides is 1. The van der Waals surface area contributed by atoms with Gasteiger partial charge in [0, 0.05) is 26.6 Å². The summed E-state index contributed by atoms with van der Waals surface area (Å²) in [6.07, 6.45) is 0.722. The van der Waals surface area contributed by atoms with Crippen LogP contribution in [0.5, 0.6) is 0 Å². The van der Waals surface area contributed by atoms with Crippen molar-refractivity contribution in [3.05, 3.63) is 0 Å². The van der Waals surface area contributed by atoms with E-state index in [4.69, 9.17) is 5.11 Å². The van der Waals surface area contributed by atoms with Gasteiger partial charge in [-0.15, -0.1) is 0 Å². The summed E-state index contributed by atoms with van der Waals surface area (Å²) in [5.41, 5.74) is 0. The molecule has 0 fully saturated rings. The highest BCUT2D eigenvalue weighted by Gasteiger charge is 2.09. The van der Waals surface area contributed by atoms with Crippen molar-refractivity contribution in [3.8, 4) is 0 Å². The van der Waals surface area contributed by atoms with E-state index in [2.05, 4.69) is 5.32 Å². The summed E-state index contributed by atoms with van der Waals surface area (Å²) in [6, 6.07) is 0. The van der Waals surface area contributed by atoms with Gasteiger partial charge in [-0.1, -0.05) is 0 Å². The number of nitrogens with one attached hydrogen (secondary N) is 1. The van der Waals surface area contributed by atoms with Crippen LogP contribution in [0.25, 0.3) is 0 Å². The fourth-order valence-electron chi connectivity index (χ4n) is 1.41. The van der Waals surface area contributed by atoms with Crippen molar-refractivity contribution >= 4 is 17.7 Å². The van der Waals surface area contributed by atoms with Crippen LogP contribution in [0.1, 0.15) is 26.7 Å². The van der Waals surface area contributed by atoms with Gasteiger partial charge in [-0.05, 0) is 13.3 Å². The number of carbonyl (C=O) groups excluding carboxylic acids is 2. The molecule has 0 aliphatic carbocycles. The number of Topliss-reactive ketones (excluding diaryl/α,β-unsaturated/α-hetero) is 1. The molecule has 2 N–H and O–H groups in total. The predicted octanol–water partition coefficient (Wildman–Crippen LogP) is -0.122. The summed E-state index contributed by atoms with van der Waals surface area (Å²) in [6.45, 7) is 4.67. The third-order valence-corrected chi connectivity index (χ3v) is 2.11. The van der Waals surface area contributed by atoms with E-state index >= 15 is 0 Å². The Balaban J connectivity index is 3.88. The number of carboxylic acids is 1. The summed E-state index contributed by atoms with van der Waals surface area (Å²) in [5, 5.41) is 11.2. The van der Waals surface area contributed by atoms with Crippen LogP contribution in [-0.4, -0.2) is 53.8 Å². The molecule has 0 aliphatic heterocycles. The minimum atomic E-state index is -0.875. The molecule has 6 nitrogen and oxygen atoms in total. The van der Waals surface area contributed by atoms with E-state index in [1.807, 2.05) is 0 Å². The highest BCUT2D eigenvalue weighted by molar-refractivity contribution is 5.77. The first-order chi connectivity index (χ1) is 7.91. The van der Waals surface area contributed by atoms with Gasteiger partial charge in [-0.25, -0.2) is 0 Å². The maximum Gasteiger partial charge on any atom is 0.304 e. The molecule has 0 spiro atoms. The Labute approximate surface area is 101 Å². The van der Waals surface area contributed by atoms with Gasteiger partial charge in [0.1, 0.15) is 5.78 Å². The van der Waals surface area contributed by atoms with E-state index in [1.165, 1.54) is 13.8 Å². The van der Waals surface area contributed by atoms with E-state index in [9.17, 15) is 14.4 Å². The molecule has 0 radical (unpaired) electrons. The number of hydrogen-bond acceptors (Lipinski definition) is 4. The lowest BCUT2D eigenvalue weighted by molar-refractivity contribution is -0.137. The van der Waals surface area contributed by atoms with Gasteiger partial charge in [-0.3, -0.25) is 19.3 Å². The quantitative estimate of drug-likeness (QED) is 0.552. The molecule has 98 valence electrons. The van der Waals surface area contributed by atoms with Crippen molar-refractivity contribution in [1.29, 1.82) is 0 Å². The number of rotatable bonds is 9. The lowest BCUT2D eigenvalue weighted by atomic mass is 10.3. The fourth-order valence-corrected chi connectivity index (χ4v) is 1.41. The fraction of sp³-hybridized carbons (Fsp3) is 0.727. The first-order valence-corrected chi connectivity index (χ1v) is 5.60. The van der Waals surface area contributed by atoms with Crippen LogP contribution < -0.4 is 5.32 Å². The number of aliphatic carboxylic acids is 1. The Hall–Kier alpha value is -1.43. The average molecular weight is 244 g/mol.